The van der Waals surface area contributed by atoms with Crippen molar-refractivity contribution in [2.75, 3.05) is 19.6 Å². The quantitative estimate of drug-likeness (QED) is 0.236. The van der Waals surface area contributed by atoms with E-state index in [0.29, 0.717) is 13.1 Å². The van der Waals surface area contributed by atoms with Crippen LogP contribution in [0.4, 0.5) is 0 Å². The summed E-state index contributed by atoms with van der Waals surface area (Å²) in [5, 5.41) is 29.7. The Kier molecular flexibility index (Phi) is 4.46. The van der Waals surface area contributed by atoms with E-state index in [-0.39, 0.29) is 35.6 Å². The average Bonchev–Trinajstić information content (AvgIpc) is 3.01. The molecule has 3 aliphatic heterocycles. The standard InChI is InChI=1S/C16H25N5O4/c1-7-10(6-20-4-3-9(5-20)19-16(17)18)13(15(24)25)21-12(7)11(8(2)22)14(21)23/h7-9,11-12,22H,3-6H2,1-2H3,(H,24,25)(H4,17,18,19)/t7-,8+,9-,11-,12+/m0/s1. The lowest BCUT2D eigenvalue weighted by atomic mass is 9.77. The second-order valence-electron chi connectivity index (χ2n) is 7.21. The molecule has 3 aliphatic rings. The Morgan fingerprint density at radius 1 is 1.52 bits per heavy atom. The molecule has 2 fully saturated rings. The number of nitrogens with one attached hydrogen (secondary N) is 2. The summed E-state index contributed by atoms with van der Waals surface area (Å²) in [7, 11) is 0. The van der Waals surface area contributed by atoms with Gasteiger partial charge in [-0.3, -0.25) is 15.1 Å². The van der Waals surface area contributed by atoms with Crippen molar-refractivity contribution < 1.29 is 19.8 Å². The van der Waals surface area contributed by atoms with E-state index in [1.807, 2.05) is 6.92 Å². The number of hydrogen-bond acceptors (Lipinski definition) is 5. The third-order valence-corrected chi connectivity index (χ3v) is 5.54. The molecule has 0 unspecified atom stereocenters. The lowest BCUT2D eigenvalue weighted by Crippen LogP contribution is -2.63. The summed E-state index contributed by atoms with van der Waals surface area (Å²) >= 11 is 0. The highest BCUT2D eigenvalue weighted by atomic mass is 16.4. The second kappa shape index (κ2) is 6.30. The zero-order valence-corrected chi connectivity index (χ0v) is 14.4. The Morgan fingerprint density at radius 3 is 2.76 bits per heavy atom. The zero-order chi connectivity index (χ0) is 18.5. The van der Waals surface area contributed by atoms with Gasteiger partial charge in [-0.25, -0.2) is 4.79 Å². The van der Waals surface area contributed by atoms with Crippen LogP contribution < -0.4 is 11.1 Å². The van der Waals surface area contributed by atoms with Gasteiger partial charge in [0.15, 0.2) is 5.96 Å². The van der Waals surface area contributed by atoms with Gasteiger partial charge in [-0.05, 0) is 18.9 Å². The van der Waals surface area contributed by atoms with E-state index in [4.69, 9.17) is 11.1 Å². The molecular formula is C16H25N5O4. The van der Waals surface area contributed by atoms with E-state index in [1.54, 1.807) is 6.92 Å². The highest BCUT2D eigenvalue weighted by Gasteiger charge is 2.59. The number of nitrogens with two attached hydrogens (primary N) is 1. The van der Waals surface area contributed by atoms with Gasteiger partial charge in [-0.2, -0.15) is 0 Å². The van der Waals surface area contributed by atoms with Gasteiger partial charge in [0.25, 0.3) is 0 Å². The number of carbonyl (C=O) groups excluding carboxylic acids is 1. The number of fused-ring (bicyclic) bond motifs is 1. The Hall–Kier alpha value is -2.13. The predicted octanol–water partition coefficient (Wildman–Crippen LogP) is -1.26. The number of guanidine groups is 1. The fourth-order valence-corrected chi connectivity index (χ4v) is 4.41. The van der Waals surface area contributed by atoms with Crippen molar-refractivity contribution in [3.63, 3.8) is 0 Å². The van der Waals surface area contributed by atoms with Crippen molar-refractivity contribution in [2.24, 2.45) is 17.6 Å². The lowest BCUT2D eigenvalue weighted by Gasteiger charge is -2.46. The Morgan fingerprint density at radius 2 is 2.20 bits per heavy atom. The van der Waals surface area contributed by atoms with Crippen LogP contribution in [-0.4, -0.2) is 75.7 Å². The van der Waals surface area contributed by atoms with E-state index in [1.165, 1.54) is 4.90 Å². The number of carboxylic acids is 1. The molecule has 0 spiro atoms. The third kappa shape index (κ3) is 2.87. The maximum Gasteiger partial charge on any atom is 0.352 e. The van der Waals surface area contributed by atoms with Crippen LogP contribution in [0, 0.1) is 17.2 Å². The molecule has 2 saturated heterocycles. The minimum absolute atomic E-state index is 0.0685. The minimum atomic E-state index is -1.10. The van der Waals surface area contributed by atoms with Crippen LogP contribution in [-0.2, 0) is 9.59 Å². The maximum atomic E-state index is 12.3. The van der Waals surface area contributed by atoms with Crippen molar-refractivity contribution in [3.05, 3.63) is 11.3 Å². The van der Waals surface area contributed by atoms with Crippen molar-refractivity contribution in [2.45, 2.75) is 38.5 Å². The molecule has 0 aromatic rings. The van der Waals surface area contributed by atoms with Gasteiger partial charge in [-0.1, -0.05) is 6.92 Å². The highest BCUT2D eigenvalue weighted by molar-refractivity contribution is 6.00. The summed E-state index contributed by atoms with van der Waals surface area (Å²) in [5.41, 5.74) is 6.17. The fourth-order valence-electron chi connectivity index (χ4n) is 4.41. The number of carboxylic acid groups (broad SMARTS) is 1. The molecule has 5 atom stereocenters. The Labute approximate surface area is 146 Å². The van der Waals surface area contributed by atoms with Gasteiger partial charge in [0.1, 0.15) is 5.70 Å². The molecular weight excluding hydrogens is 326 g/mol. The number of nitrogens with zero attached hydrogens (tertiary/aromatic N) is 2. The molecule has 3 rings (SSSR count). The molecule has 0 aromatic carbocycles. The van der Waals surface area contributed by atoms with Gasteiger partial charge in [0.2, 0.25) is 5.91 Å². The van der Waals surface area contributed by atoms with Crippen molar-refractivity contribution in [3.8, 4) is 0 Å². The van der Waals surface area contributed by atoms with Crippen molar-refractivity contribution >= 4 is 17.8 Å². The van der Waals surface area contributed by atoms with E-state index in [2.05, 4.69) is 10.2 Å². The largest absolute Gasteiger partial charge is 0.477 e. The number of aliphatic carboxylic acids is 1. The molecule has 1 amide bonds. The van der Waals surface area contributed by atoms with E-state index in [0.717, 1.165) is 18.5 Å². The predicted molar refractivity (Wildman–Crippen MR) is 89.5 cm³/mol. The van der Waals surface area contributed by atoms with Crippen LogP contribution in [0.3, 0.4) is 0 Å². The van der Waals surface area contributed by atoms with Crippen LogP contribution in [0.15, 0.2) is 11.3 Å². The number of aliphatic hydroxyl groups is 1. The SMILES string of the molecule is C[C@@H](O)[C@@H]1C(=O)N2C(C(=O)O)=C(CN3CC[C@H](NC(=N)N)C3)[C@H](C)[C@H]12. The first kappa shape index (κ1) is 17.7. The van der Waals surface area contributed by atoms with Crippen LogP contribution in [0.5, 0.6) is 0 Å². The van der Waals surface area contributed by atoms with Crippen LogP contribution >= 0.6 is 0 Å². The molecule has 0 aromatic heterocycles. The molecule has 0 aliphatic carbocycles. The smallest absolute Gasteiger partial charge is 0.352 e. The van der Waals surface area contributed by atoms with Crippen LogP contribution in [0.1, 0.15) is 20.3 Å². The zero-order valence-electron chi connectivity index (χ0n) is 14.4. The molecule has 3 heterocycles. The molecule has 9 heteroatoms. The third-order valence-electron chi connectivity index (χ3n) is 5.54. The highest BCUT2D eigenvalue weighted by Crippen LogP contribution is 2.47. The maximum absolute atomic E-state index is 12.3. The molecule has 0 saturated carbocycles. The van der Waals surface area contributed by atoms with E-state index >= 15 is 0 Å². The Bertz CT molecular complexity index is 646. The molecule has 6 N–H and O–H groups in total. The van der Waals surface area contributed by atoms with Crippen molar-refractivity contribution in [1.29, 1.82) is 5.41 Å². The Balaban J connectivity index is 1.77. The summed E-state index contributed by atoms with van der Waals surface area (Å²) in [4.78, 5) is 27.5. The molecule has 25 heavy (non-hydrogen) atoms. The molecule has 0 radical (unpaired) electrons. The number of aliphatic hydroxyl groups excluding tert-OH is 1. The average molecular weight is 351 g/mol. The van der Waals surface area contributed by atoms with Gasteiger partial charge < -0.3 is 26.2 Å². The molecule has 9 nitrogen and oxygen atoms in total. The first-order valence-electron chi connectivity index (χ1n) is 8.52. The summed E-state index contributed by atoms with van der Waals surface area (Å²) in [6, 6.07) is -0.200. The van der Waals surface area contributed by atoms with E-state index < -0.39 is 18.0 Å². The minimum Gasteiger partial charge on any atom is -0.477 e. The van der Waals surface area contributed by atoms with Gasteiger partial charge in [-0.15, -0.1) is 0 Å². The van der Waals surface area contributed by atoms with Crippen molar-refractivity contribution in [1.82, 2.24) is 15.1 Å². The first-order chi connectivity index (χ1) is 11.7. The van der Waals surface area contributed by atoms with E-state index in [9.17, 15) is 19.8 Å². The number of rotatable bonds is 5. The van der Waals surface area contributed by atoms with Crippen LogP contribution in [0.2, 0.25) is 0 Å². The molecule has 138 valence electrons. The number of hydrogen-bond donors (Lipinski definition) is 5. The number of amides is 1. The topological polar surface area (TPSA) is 143 Å². The summed E-state index contributed by atoms with van der Waals surface area (Å²) in [6.07, 6.45) is 0.0352. The number of β-lactam (4-membered cyclic amide) rings is 1. The number of carbonyl (C=O) groups is 2. The van der Waals surface area contributed by atoms with Gasteiger partial charge >= 0.3 is 5.97 Å². The fraction of sp³-hybridized carbons (Fsp3) is 0.688. The summed E-state index contributed by atoms with van der Waals surface area (Å²) in [6.45, 7) is 5.40. The monoisotopic (exact) mass is 351 g/mol. The normalized spacial score (nSPS) is 33.2. The first-order valence-corrected chi connectivity index (χ1v) is 8.52. The number of likely N-dealkylation sites (tertiary alicyclic amines) is 1. The second-order valence-corrected chi connectivity index (χ2v) is 7.21. The summed E-state index contributed by atoms with van der Waals surface area (Å²) < 4.78 is 0. The lowest BCUT2D eigenvalue weighted by molar-refractivity contribution is -0.163. The van der Waals surface area contributed by atoms with Gasteiger partial charge in [0, 0.05) is 31.6 Å². The molecule has 0 bridgehead atoms. The summed E-state index contributed by atoms with van der Waals surface area (Å²) in [5.74, 6) is -2.12. The van der Waals surface area contributed by atoms with Gasteiger partial charge in [0.05, 0.1) is 18.1 Å². The van der Waals surface area contributed by atoms with Crippen LogP contribution in [0.25, 0.3) is 0 Å².